The molecule has 2 aromatic carbocycles. The number of ether oxygens (including phenoxy) is 1. The minimum atomic E-state index is -0.182. The van der Waals surface area contributed by atoms with E-state index < -0.39 is 0 Å². The normalized spacial score (nSPS) is 10.6. The predicted octanol–water partition coefficient (Wildman–Crippen LogP) is 3.13. The first kappa shape index (κ1) is 20.5. The van der Waals surface area contributed by atoms with E-state index in [1.807, 2.05) is 32.9 Å². The van der Waals surface area contributed by atoms with Crippen LogP contribution >= 0.6 is 0 Å². The van der Waals surface area contributed by atoms with Gasteiger partial charge >= 0.3 is 0 Å². The van der Waals surface area contributed by atoms with Crippen LogP contribution in [0, 0.1) is 20.8 Å². The van der Waals surface area contributed by atoms with Gasteiger partial charge in [0.05, 0.1) is 20.2 Å². The maximum absolute atomic E-state index is 12.3. The van der Waals surface area contributed by atoms with Crippen LogP contribution in [-0.2, 0) is 9.59 Å². The first-order valence-electron chi connectivity index (χ1n) is 8.78. The number of hydrogen-bond acceptors (Lipinski definition) is 4. The minimum Gasteiger partial charge on any atom is -0.497 e. The summed E-state index contributed by atoms with van der Waals surface area (Å²) in [7, 11) is 3.33. The highest BCUT2D eigenvalue weighted by Gasteiger charge is 2.13. The lowest BCUT2D eigenvalue weighted by Crippen LogP contribution is -2.36. The van der Waals surface area contributed by atoms with Gasteiger partial charge < -0.3 is 15.4 Å². The average Bonchev–Trinajstić information content (AvgIpc) is 2.58. The first-order valence-corrected chi connectivity index (χ1v) is 8.78. The van der Waals surface area contributed by atoms with Crippen molar-refractivity contribution in [3.05, 3.63) is 53.1 Å². The number of methoxy groups -OCH3 is 1. The molecule has 27 heavy (non-hydrogen) atoms. The van der Waals surface area contributed by atoms with Crippen LogP contribution in [0.2, 0.25) is 0 Å². The van der Waals surface area contributed by atoms with E-state index in [-0.39, 0.29) is 24.9 Å². The second-order valence-electron chi connectivity index (χ2n) is 6.77. The fourth-order valence-electron chi connectivity index (χ4n) is 2.98. The third kappa shape index (κ3) is 6.11. The Morgan fingerprint density at radius 3 is 1.96 bits per heavy atom. The zero-order chi connectivity index (χ0) is 20.0. The molecule has 0 unspecified atom stereocenters. The van der Waals surface area contributed by atoms with E-state index in [2.05, 4.69) is 10.6 Å². The van der Waals surface area contributed by atoms with Crippen molar-refractivity contribution in [1.29, 1.82) is 0 Å². The van der Waals surface area contributed by atoms with E-state index in [1.165, 1.54) is 0 Å². The smallest absolute Gasteiger partial charge is 0.238 e. The highest BCUT2D eigenvalue weighted by molar-refractivity contribution is 5.95. The largest absolute Gasteiger partial charge is 0.497 e. The number of nitrogens with zero attached hydrogens (tertiary/aromatic N) is 1. The molecule has 0 aliphatic rings. The molecule has 0 atom stereocenters. The highest BCUT2D eigenvalue weighted by atomic mass is 16.5. The van der Waals surface area contributed by atoms with Crippen molar-refractivity contribution in [3.63, 3.8) is 0 Å². The summed E-state index contributed by atoms with van der Waals surface area (Å²) in [6.07, 6.45) is 0. The van der Waals surface area contributed by atoms with Crippen molar-refractivity contribution in [1.82, 2.24) is 4.90 Å². The standard InChI is InChI=1S/C21H27N3O3/c1-14-10-15(2)21(16(3)11-14)23-20(26)13-24(4)12-19(25)22-17-6-8-18(27-5)9-7-17/h6-11H,12-13H2,1-5H3,(H,22,25)(H,23,26). The summed E-state index contributed by atoms with van der Waals surface area (Å²) in [5.41, 5.74) is 4.74. The molecule has 0 fully saturated rings. The van der Waals surface area contributed by atoms with Crippen LogP contribution in [0.4, 0.5) is 11.4 Å². The van der Waals surface area contributed by atoms with Crippen molar-refractivity contribution in [2.45, 2.75) is 20.8 Å². The van der Waals surface area contributed by atoms with Gasteiger partial charge in [-0.2, -0.15) is 0 Å². The molecule has 6 nitrogen and oxygen atoms in total. The molecule has 0 heterocycles. The number of aryl methyl sites for hydroxylation is 3. The Hall–Kier alpha value is -2.86. The molecule has 0 radical (unpaired) electrons. The lowest BCUT2D eigenvalue weighted by molar-refractivity contribution is -0.119. The number of nitrogens with one attached hydrogen (secondary N) is 2. The summed E-state index contributed by atoms with van der Waals surface area (Å²) in [6.45, 7) is 6.22. The molecule has 0 aliphatic carbocycles. The van der Waals surface area contributed by atoms with Crippen LogP contribution in [0.15, 0.2) is 36.4 Å². The number of carbonyl (C=O) groups excluding carboxylic acids is 2. The quantitative estimate of drug-likeness (QED) is 0.787. The van der Waals surface area contributed by atoms with Crippen LogP contribution in [0.5, 0.6) is 5.75 Å². The SMILES string of the molecule is COc1ccc(NC(=O)CN(C)CC(=O)Nc2c(C)cc(C)cc2C)cc1. The van der Waals surface area contributed by atoms with Crippen molar-refractivity contribution in [3.8, 4) is 5.75 Å². The van der Waals surface area contributed by atoms with Gasteiger partial charge in [0, 0.05) is 11.4 Å². The van der Waals surface area contributed by atoms with Crippen LogP contribution in [-0.4, -0.2) is 44.0 Å². The average molecular weight is 369 g/mol. The Balaban J connectivity index is 1.86. The third-order valence-electron chi connectivity index (χ3n) is 4.14. The number of benzene rings is 2. The van der Waals surface area contributed by atoms with E-state index in [9.17, 15) is 9.59 Å². The first-order chi connectivity index (χ1) is 12.8. The van der Waals surface area contributed by atoms with Crippen LogP contribution in [0.3, 0.4) is 0 Å². The van der Waals surface area contributed by atoms with E-state index in [0.717, 1.165) is 28.1 Å². The van der Waals surface area contributed by atoms with E-state index in [4.69, 9.17) is 4.74 Å². The second-order valence-corrected chi connectivity index (χ2v) is 6.77. The van der Waals surface area contributed by atoms with E-state index in [1.54, 1.807) is 43.3 Å². The summed E-state index contributed by atoms with van der Waals surface area (Å²) in [5, 5.41) is 5.75. The van der Waals surface area contributed by atoms with Crippen LogP contribution in [0.1, 0.15) is 16.7 Å². The third-order valence-corrected chi connectivity index (χ3v) is 4.14. The summed E-state index contributed by atoms with van der Waals surface area (Å²) >= 11 is 0. The lowest BCUT2D eigenvalue weighted by atomic mass is 10.1. The summed E-state index contributed by atoms with van der Waals surface area (Å²) in [4.78, 5) is 26.1. The second kappa shape index (κ2) is 9.19. The molecule has 0 aromatic heterocycles. The number of carbonyl (C=O) groups is 2. The predicted molar refractivity (Wildman–Crippen MR) is 108 cm³/mol. The van der Waals surface area contributed by atoms with Crippen molar-refractivity contribution >= 4 is 23.2 Å². The Bertz CT molecular complexity index is 793. The molecule has 2 N–H and O–H groups in total. The Labute approximate surface area is 160 Å². The molecule has 6 heteroatoms. The zero-order valence-corrected chi connectivity index (χ0v) is 16.6. The monoisotopic (exact) mass is 369 g/mol. The Morgan fingerprint density at radius 1 is 0.926 bits per heavy atom. The zero-order valence-electron chi connectivity index (χ0n) is 16.6. The summed E-state index contributed by atoms with van der Waals surface area (Å²) in [6, 6.07) is 11.2. The number of hydrogen-bond donors (Lipinski definition) is 2. The Morgan fingerprint density at radius 2 is 1.44 bits per heavy atom. The molecular formula is C21H27N3O3. The van der Waals surface area contributed by atoms with Crippen LogP contribution in [0.25, 0.3) is 0 Å². The van der Waals surface area contributed by atoms with Gasteiger partial charge in [-0.3, -0.25) is 14.5 Å². The van der Waals surface area contributed by atoms with Gasteiger partial charge in [-0.1, -0.05) is 17.7 Å². The van der Waals surface area contributed by atoms with Gasteiger partial charge in [0.15, 0.2) is 0 Å². The van der Waals surface area contributed by atoms with Gasteiger partial charge in [-0.25, -0.2) is 0 Å². The van der Waals surface area contributed by atoms with Gasteiger partial charge in [-0.15, -0.1) is 0 Å². The molecular weight excluding hydrogens is 342 g/mol. The number of anilines is 2. The van der Waals surface area contributed by atoms with Gasteiger partial charge in [0.1, 0.15) is 5.75 Å². The molecule has 2 aromatic rings. The number of likely N-dealkylation sites (N-methyl/N-ethyl adjacent to an activating group) is 1. The fraction of sp³-hybridized carbons (Fsp3) is 0.333. The van der Waals surface area contributed by atoms with Crippen molar-refractivity contribution in [2.75, 3.05) is 37.9 Å². The number of rotatable bonds is 7. The molecule has 0 saturated heterocycles. The topological polar surface area (TPSA) is 70.7 Å². The van der Waals surface area contributed by atoms with Crippen LogP contribution < -0.4 is 15.4 Å². The molecule has 2 rings (SSSR count). The molecule has 144 valence electrons. The maximum Gasteiger partial charge on any atom is 0.238 e. The number of amides is 2. The Kier molecular flexibility index (Phi) is 6.96. The molecule has 0 aliphatic heterocycles. The summed E-state index contributed by atoms with van der Waals surface area (Å²) in [5.74, 6) is 0.395. The van der Waals surface area contributed by atoms with Crippen molar-refractivity contribution < 1.29 is 14.3 Å². The molecule has 0 saturated carbocycles. The minimum absolute atomic E-state index is 0.116. The maximum atomic E-state index is 12.3. The van der Waals surface area contributed by atoms with E-state index >= 15 is 0 Å². The van der Waals surface area contributed by atoms with Gasteiger partial charge in [-0.05, 0) is 63.2 Å². The van der Waals surface area contributed by atoms with Gasteiger partial charge in [0.2, 0.25) is 11.8 Å². The van der Waals surface area contributed by atoms with E-state index in [0.29, 0.717) is 5.69 Å². The van der Waals surface area contributed by atoms with Crippen molar-refractivity contribution in [2.24, 2.45) is 0 Å². The molecule has 2 amide bonds. The highest BCUT2D eigenvalue weighted by Crippen LogP contribution is 2.21. The summed E-state index contributed by atoms with van der Waals surface area (Å²) < 4.78 is 5.09. The molecule has 0 bridgehead atoms. The van der Waals surface area contributed by atoms with Gasteiger partial charge in [0.25, 0.3) is 0 Å². The fourth-order valence-corrected chi connectivity index (χ4v) is 2.98. The molecule has 0 spiro atoms. The lowest BCUT2D eigenvalue weighted by Gasteiger charge is -2.18.